The molecular formula is C2H5N3O2S. The molecule has 8 heavy (non-hydrogen) atoms. The van der Waals surface area contributed by atoms with E-state index in [0.29, 0.717) is 0 Å². The predicted molar refractivity (Wildman–Crippen MR) is 28.9 cm³/mol. The summed E-state index contributed by atoms with van der Waals surface area (Å²) in [5.41, 5.74) is 7.62. The molecule has 0 aromatic heterocycles. The predicted octanol–water partition coefficient (Wildman–Crippen LogP) is 0.299. The molecule has 0 spiro atoms. The maximum absolute atomic E-state index is 10.1. The Balaban J connectivity index is 3.94. The molecule has 46 valence electrons. The first-order chi connectivity index (χ1) is 3.56. The molecule has 0 aliphatic heterocycles. The number of nitrogens with zero attached hydrogens (tertiary/aromatic N) is 3. The van der Waals surface area contributed by atoms with Crippen LogP contribution in [0.4, 0.5) is 0 Å². The van der Waals surface area contributed by atoms with Crippen molar-refractivity contribution in [3.63, 3.8) is 0 Å². The lowest BCUT2D eigenvalue weighted by Crippen LogP contribution is -1.97. The Hall–Kier alpha value is -0.740. The summed E-state index contributed by atoms with van der Waals surface area (Å²) < 4.78 is 20.3. The molecule has 0 aromatic carbocycles. The highest BCUT2D eigenvalue weighted by atomic mass is 32.2. The fourth-order valence-electron chi connectivity index (χ4n) is 0.131. The molecule has 0 fully saturated rings. The van der Waals surface area contributed by atoms with Crippen LogP contribution in [0.25, 0.3) is 10.4 Å². The standard InChI is InChI=1S/C2H5N3O2S/c1-8(6,7)2-4-5-3/h2H2,1H3. The smallest absolute Gasteiger partial charge is 0.153 e. The Bertz CT molecular complexity index is 199. The Morgan fingerprint density at radius 1 is 1.75 bits per heavy atom. The minimum absolute atomic E-state index is 0.455. The fraction of sp³-hybridized carbons (Fsp3) is 1.00. The molecule has 0 aliphatic rings. The van der Waals surface area contributed by atoms with Crippen LogP contribution >= 0.6 is 0 Å². The first-order valence-corrected chi connectivity index (χ1v) is 3.81. The van der Waals surface area contributed by atoms with E-state index in [2.05, 4.69) is 10.0 Å². The highest BCUT2D eigenvalue weighted by Gasteiger charge is 1.95. The first kappa shape index (κ1) is 7.26. The normalized spacial score (nSPS) is 10.1. The summed E-state index contributed by atoms with van der Waals surface area (Å²) in [7, 11) is -3.11. The van der Waals surface area contributed by atoms with E-state index in [1.165, 1.54) is 0 Å². The van der Waals surface area contributed by atoms with Crippen molar-refractivity contribution in [1.82, 2.24) is 0 Å². The van der Waals surface area contributed by atoms with Gasteiger partial charge in [-0.05, 0) is 5.53 Å². The molecule has 0 heterocycles. The second-order valence-electron chi connectivity index (χ2n) is 1.29. The van der Waals surface area contributed by atoms with Gasteiger partial charge in [-0.2, -0.15) is 0 Å². The zero-order valence-corrected chi connectivity index (χ0v) is 5.09. The van der Waals surface area contributed by atoms with Crippen LogP contribution in [0.2, 0.25) is 0 Å². The summed E-state index contributed by atoms with van der Waals surface area (Å²) in [6, 6.07) is 0. The van der Waals surface area contributed by atoms with E-state index in [-0.39, 0.29) is 0 Å². The van der Waals surface area contributed by atoms with Crippen molar-refractivity contribution in [2.24, 2.45) is 5.11 Å². The first-order valence-electron chi connectivity index (χ1n) is 1.75. The fourth-order valence-corrected chi connectivity index (χ4v) is 0.392. The maximum atomic E-state index is 10.1. The quantitative estimate of drug-likeness (QED) is 0.310. The molecule has 0 bridgehead atoms. The molecule has 0 N–H and O–H groups in total. The van der Waals surface area contributed by atoms with Crippen molar-refractivity contribution >= 4 is 9.84 Å². The minimum Gasteiger partial charge on any atom is -0.229 e. The average Bonchev–Trinajstić information content (AvgIpc) is 1.59. The van der Waals surface area contributed by atoms with Gasteiger partial charge in [0.1, 0.15) is 5.88 Å². The van der Waals surface area contributed by atoms with Crippen LogP contribution in [0.1, 0.15) is 0 Å². The van der Waals surface area contributed by atoms with Gasteiger partial charge in [0.2, 0.25) is 0 Å². The van der Waals surface area contributed by atoms with Gasteiger partial charge in [0, 0.05) is 11.2 Å². The third-order valence-electron chi connectivity index (χ3n) is 0.355. The molecule has 0 radical (unpaired) electrons. The molecule has 0 aliphatic carbocycles. The van der Waals surface area contributed by atoms with Gasteiger partial charge in [-0.1, -0.05) is 5.11 Å². The van der Waals surface area contributed by atoms with E-state index >= 15 is 0 Å². The summed E-state index contributed by atoms with van der Waals surface area (Å²) in [5, 5.41) is 2.84. The van der Waals surface area contributed by atoms with Gasteiger partial charge in [-0.15, -0.1) is 0 Å². The zero-order valence-electron chi connectivity index (χ0n) is 4.27. The van der Waals surface area contributed by atoms with E-state index in [1.807, 2.05) is 0 Å². The number of rotatable bonds is 2. The van der Waals surface area contributed by atoms with E-state index in [9.17, 15) is 8.42 Å². The van der Waals surface area contributed by atoms with Crippen LogP contribution in [-0.2, 0) is 9.84 Å². The Labute approximate surface area is 46.9 Å². The van der Waals surface area contributed by atoms with Crippen molar-refractivity contribution in [2.45, 2.75) is 0 Å². The van der Waals surface area contributed by atoms with Crippen LogP contribution < -0.4 is 0 Å². The molecule has 0 saturated heterocycles. The molecule has 0 rings (SSSR count). The van der Waals surface area contributed by atoms with Gasteiger partial charge in [0.15, 0.2) is 9.84 Å². The average molecular weight is 135 g/mol. The zero-order chi connectivity index (χ0) is 6.62. The molecule has 0 aromatic rings. The number of hydrogen-bond acceptors (Lipinski definition) is 3. The van der Waals surface area contributed by atoms with E-state index in [1.54, 1.807) is 0 Å². The van der Waals surface area contributed by atoms with Gasteiger partial charge < -0.3 is 0 Å². The largest absolute Gasteiger partial charge is 0.229 e. The molecule has 6 heteroatoms. The number of sulfone groups is 1. The van der Waals surface area contributed by atoms with Crippen molar-refractivity contribution in [2.75, 3.05) is 12.1 Å². The number of azide groups is 1. The Morgan fingerprint density at radius 2 is 2.25 bits per heavy atom. The van der Waals surface area contributed by atoms with Crippen LogP contribution in [0.5, 0.6) is 0 Å². The second kappa shape index (κ2) is 2.54. The van der Waals surface area contributed by atoms with Gasteiger partial charge >= 0.3 is 0 Å². The summed E-state index contributed by atoms with van der Waals surface area (Å²) in [5.74, 6) is -0.455. The summed E-state index contributed by atoms with van der Waals surface area (Å²) in [6.07, 6.45) is 1.00. The minimum atomic E-state index is -3.11. The molecule has 0 amide bonds. The summed E-state index contributed by atoms with van der Waals surface area (Å²) in [4.78, 5) is 2.27. The summed E-state index contributed by atoms with van der Waals surface area (Å²) >= 11 is 0. The van der Waals surface area contributed by atoms with Crippen molar-refractivity contribution in [3.8, 4) is 0 Å². The lowest BCUT2D eigenvalue weighted by atomic mass is 11.5. The molecular weight excluding hydrogens is 130 g/mol. The second-order valence-corrected chi connectivity index (χ2v) is 3.40. The lowest BCUT2D eigenvalue weighted by molar-refractivity contribution is 0.602. The SMILES string of the molecule is CS(=O)(=O)CN=[N+]=[N-]. The Morgan fingerprint density at radius 3 is 2.38 bits per heavy atom. The van der Waals surface area contributed by atoms with Crippen molar-refractivity contribution < 1.29 is 8.42 Å². The molecule has 5 nitrogen and oxygen atoms in total. The highest BCUT2D eigenvalue weighted by Crippen LogP contribution is 1.81. The maximum Gasteiger partial charge on any atom is 0.153 e. The highest BCUT2D eigenvalue weighted by molar-refractivity contribution is 7.90. The van der Waals surface area contributed by atoms with Crippen LogP contribution in [0.3, 0.4) is 0 Å². The molecule has 0 saturated carbocycles. The van der Waals surface area contributed by atoms with Crippen LogP contribution in [-0.4, -0.2) is 20.6 Å². The van der Waals surface area contributed by atoms with E-state index in [4.69, 9.17) is 5.53 Å². The third-order valence-corrected chi connectivity index (χ3v) is 0.940. The van der Waals surface area contributed by atoms with Crippen molar-refractivity contribution in [1.29, 1.82) is 0 Å². The topological polar surface area (TPSA) is 82.9 Å². The molecule has 0 unspecified atom stereocenters. The number of hydrogen-bond donors (Lipinski definition) is 0. The molecule has 0 atom stereocenters. The van der Waals surface area contributed by atoms with E-state index < -0.39 is 15.7 Å². The van der Waals surface area contributed by atoms with Crippen LogP contribution in [0, 0.1) is 0 Å². The lowest BCUT2D eigenvalue weighted by Gasteiger charge is -1.82. The van der Waals surface area contributed by atoms with Gasteiger partial charge in [0.05, 0.1) is 0 Å². The Kier molecular flexibility index (Phi) is 2.30. The third kappa shape index (κ3) is 5.26. The van der Waals surface area contributed by atoms with E-state index in [0.717, 1.165) is 6.26 Å². The monoisotopic (exact) mass is 135 g/mol. The van der Waals surface area contributed by atoms with Crippen LogP contribution in [0.15, 0.2) is 5.11 Å². The van der Waals surface area contributed by atoms with Crippen molar-refractivity contribution in [3.05, 3.63) is 10.4 Å². The summed E-state index contributed by atoms with van der Waals surface area (Å²) in [6.45, 7) is 0. The van der Waals surface area contributed by atoms with Gasteiger partial charge in [0.25, 0.3) is 0 Å². The van der Waals surface area contributed by atoms with Gasteiger partial charge in [-0.25, -0.2) is 8.42 Å². The van der Waals surface area contributed by atoms with Gasteiger partial charge in [-0.3, -0.25) is 0 Å².